The lowest BCUT2D eigenvalue weighted by Gasteiger charge is -2.17. The molecule has 3 rings (SSSR count). The summed E-state index contributed by atoms with van der Waals surface area (Å²) in [5.74, 6) is 0.163. The summed E-state index contributed by atoms with van der Waals surface area (Å²) in [4.78, 5) is 13.1. The van der Waals surface area contributed by atoms with Crippen molar-refractivity contribution in [3.8, 4) is 5.75 Å². The van der Waals surface area contributed by atoms with E-state index in [4.69, 9.17) is 5.11 Å². The summed E-state index contributed by atoms with van der Waals surface area (Å²) in [6.45, 7) is 2.73. The van der Waals surface area contributed by atoms with Crippen LogP contribution < -0.4 is 0 Å². The fraction of sp³-hybridized carbons (Fsp3) is 0.348. The number of nitrogens with zero attached hydrogens (tertiary/aromatic N) is 1. The van der Waals surface area contributed by atoms with E-state index in [2.05, 4.69) is 41.3 Å². The molecule has 0 bridgehead atoms. The lowest BCUT2D eigenvalue weighted by Crippen LogP contribution is -2.20. The summed E-state index contributed by atoms with van der Waals surface area (Å²) in [6, 6.07) is 18.0. The molecule has 4 nitrogen and oxygen atoms in total. The van der Waals surface area contributed by atoms with Crippen LogP contribution in [0.2, 0.25) is 0 Å². The summed E-state index contributed by atoms with van der Waals surface area (Å²) in [6.07, 6.45) is 5.96. The van der Waals surface area contributed by atoms with Gasteiger partial charge in [0.25, 0.3) is 0 Å². The van der Waals surface area contributed by atoms with E-state index in [1.165, 1.54) is 5.56 Å². The molecule has 1 heterocycles. The molecule has 1 saturated heterocycles. The van der Waals surface area contributed by atoms with Crippen LogP contribution in [0.15, 0.2) is 66.7 Å². The van der Waals surface area contributed by atoms with Crippen molar-refractivity contribution >= 4 is 5.97 Å². The van der Waals surface area contributed by atoms with Gasteiger partial charge in [0.05, 0.1) is 0 Å². The quantitative estimate of drug-likeness (QED) is 0.537. The zero-order valence-corrected chi connectivity index (χ0v) is 15.5. The van der Waals surface area contributed by atoms with Crippen molar-refractivity contribution in [1.82, 2.24) is 4.90 Å². The molecule has 0 aliphatic carbocycles. The molecule has 2 atom stereocenters. The van der Waals surface area contributed by atoms with Crippen molar-refractivity contribution in [3.05, 3.63) is 77.9 Å². The van der Waals surface area contributed by atoms with Crippen LogP contribution in [0.4, 0.5) is 0 Å². The number of carboxylic acid groups (broad SMARTS) is 1. The molecule has 0 radical (unpaired) electrons. The standard InChI is InChI=1S/C23H27NO3/c25-22-13-8-7-12-20(22)21-17-24(15-18-9-3-1-4-10-18)16-19(21)11-5-2-6-14-23(26)27/h1,3-5,7-13,19,21,25H,2,6,14-17H2,(H,26,27)/b11-5-. The highest BCUT2D eigenvalue weighted by molar-refractivity contribution is 5.66. The molecule has 1 aliphatic heterocycles. The minimum Gasteiger partial charge on any atom is -0.508 e. The number of unbranched alkanes of at least 4 members (excludes halogenated alkanes) is 1. The van der Waals surface area contributed by atoms with Gasteiger partial charge in [-0.1, -0.05) is 60.7 Å². The third-order valence-electron chi connectivity index (χ3n) is 5.17. The van der Waals surface area contributed by atoms with Gasteiger partial charge in [0.2, 0.25) is 0 Å². The number of hydrogen-bond acceptors (Lipinski definition) is 3. The predicted molar refractivity (Wildman–Crippen MR) is 107 cm³/mol. The van der Waals surface area contributed by atoms with Gasteiger partial charge in [-0.25, -0.2) is 0 Å². The Morgan fingerprint density at radius 3 is 2.56 bits per heavy atom. The molecule has 2 aromatic rings. The van der Waals surface area contributed by atoms with Crippen LogP contribution >= 0.6 is 0 Å². The molecule has 142 valence electrons. The van der Waals surface area contributed by atoms with E-state index in [-0.39, 0.29) is 12.3 Å². The fourth-order valence-electron chi connectivity index (χ4n) is 3.85. The smallest absolute Gasteiger partial charge is 0.303 e. The van der Waals surface area contributed by atoms with Gasteiger partial charge in [-0.15, -0.1) is 0 Å². The molecule has 0 aromatic heterocycles. The van der Waals surface area contributed by atoms with Crippen molar-refractivity contribution in [2.45, 2.75) is 31.7 Å². The summed E-state index contributed by atoms with van der Waals surface area (Å²) >= 11 is 0. The number of rotatable bonds is 8. The average molecular weight is 365 g/mol. The van der Waals surface area contributed by atoms with Crippen molar-refractivity contribution in [3.63, 3.8) is 0 Å². The number of aliphatic carboxylic acids is 1. The van der Waals surface area contributed by atoms with Gasteiger partial charge in [0, 0.05) is 32.0 Å². The topological polar surface area (TPSA) is 60.8 Å². The van der Waals surface area contributed by atoms with Gasteiger partial charge >= 0.3 is 5.97 Å². The normalized spacial score (nSPS) is 20.3. The average Bonchev–Trinajstić information content (AvgIpc) is 3.05. The molecule has 0 saturated carbocycles. The van der Waals surface area contributed by atoms with Crippen LogP contribution in [-0.2, 0) is 11.3 Å². The highest BCUT2D eigenvalue weighted by Crippen LogP contribution is 2.38. The van der Waals surface area contributed by atoms with Gasteiger partial charge in [-0.3, -0.25) is 9.69 Å². The highest BCUT2D eigenvalue weighted by atomic mass is 16.4. The Balaban J connectivity index is 1.70. The monoisotopic (exact) mass is 365 g/mol. The first kappa shape index (κ1) is 19.2. The number of benzene rings is 2. The Kier molecular flexibility index (Phi) is 6.66. The third kappa shape index (κ3) is 5.44. The number of phenols is 1. The molecule has 2 aromatic carbocycles. The number of para-hydroxylation sites is 1. The molecular weight excluding hydrogens is 338 g/mol. The van der Waals surface area contributed by atoms with Crippen LogP contribution in [0.3, 0.4) is 0 Å². The van der Waals surface area contributed by atoms with Crippen LogP contribution in [0.25, 0.3) is 0 Å². The maximum absolute atomic E-state index is 10.7. The zero-order valence-electron chi connectivity index (χ0n) is 15.5. The summed E-state index contributed by atoms with van der Waals surface area (Å²) in [5, 5.41) is 19.1. The summed E-state index contributed by atoms with van der Waals surface area (Å²) in [5.41, 5.74) is 2.29. The molecule has 0 spiro atoms. The summed E-state index contributed by atoms with van der Waals surface area (Å²) < 4.78 is 0. The molecule has 27 heavy (non-hydrogen) atoms. The zero-order chi connectivity index (χ0) is 19.1. The molecule has 1 fully saturated rings. The molecule has 2 unspecified atom stereocenters. The minimum atomic E-state index is -0.745. The number of likely N-dealkylation sites (tertiary alicyclic amines) is 1. The SMILES string of the molecule is O=C(O)CCC/C=C\C1CN(Cc2ccccc2)CC1c1ccccc1O. The van der Waals surface area contributed by atoms with E-state index in [0.717, 1.165) is 31.6 Å². The van der Waals surface area contributed by atoms with Gasteiger partial charge < -0.3 is 10.2 Å². The molecular formula is C23H27NO3. The van der Waals surface area contributed by atoms with Crippen LogP contribution in [0.5, 0.6) is 5.75 Å². The number of phenolic OH excluding ortho intramolecular Hbond substituents is 1. The van der Waals surface area contributed by atoms with Crippen molar-refractivity contribution in [1.29, 1.82) is 0 Å². The van der Waals surface area contributed by atoms with E-state index >= 15 is 0 Å². The maximum Gasteiger partial charge on any atom is 0.303 e. The Morgan fingerprint density at radius 2 is 1.81 bits per heavy atom. The van der Waals surface area contributed by atoms with Crippen molar-refractivity contribution in [2.75, 3.05) is 13.1 Å². The molecule has 2 N–H and O–H groups in total. The van der Waals surface area contributed by atoms with E-state index in [1.54, 1.807) is 6.07 Å². The first-order chi connectivity index (χ1) is 13.1. The largest absolute Gasteiger partial charge is 0.508 e. The molecule has 4 heteroatoms. The number of carboxylic acids is 1. The maximum atomic E-state index is 10.7. The van der Waals surface area contributed by atoms with E-state index in [0.29, 0.717) is 18.1 Å². The van der Waals surface area contributed by atoms with E-state index in [1.807, 2.05) is 24.3 Å². The number of hydrogen-bond donors (Lipinski definition) is 2. The van der Waals surface area contributed by atoms with Crippen LogP contribution in [0, 0.1) is 5.92 Å². The molecule has 1 aliphatic rings. The third-order valence-corrected chi connectivity index (χ3v) is 5.17. The van der Waals surface area contributed by atoms with Gasteiger partial charge in [-0.2, -0.15) is 0 Å². The minimum absolute atomic E-state index is 0.206. The number of carbonyl (C=O) groups is 1. The van der Waals surface area contributed by atoms with E-state index in [9.17, 15) is 9.90 Å². The second-order valence-corrected chi connectivity index (χ2v) is 7.22. The van der Waals surface area contributed by atoms with Crippen molar-refractivity contribution in [2.24, 2.45) is 5.92 Å². The lowest BCUT2D eigenvalue weighted by atomic mass is 9.88. The predicted octanol–water partition coefficient (Wildman–Crippen LogP) is 4.42. The number of allylic oxidation sites excluding steroid dienone is 1. The Labute approximate surface area is 160 Å². The molecule has 0 amide bonds. The highest BCUT2D eigenvalue weighted by Gasteiger charge is 2.33. The van der Waals surface area contributed by atoms with Gasteiger partial charge in [-0.05, 0) is 36.0 Å². The van der Waals surface area contributed by atoms with Gasteiger partial charge in [0.15, 0.2) is 0 Å². The van der Waals surface area contributed by atoms with Gasteiger partial charge in [0.1, 0.15) is 5.75 Å². The Morgan fingerprint density at radius 1 is 1.07 bits per heavy atom. The Hall–Kier alpha value is -2.59. The van der Waals surface area contributed by atoms with Crippen molar-refractivity contribution < 1.29 is 15.0 Å². The second kappa shape index (κ2) is 9.38. The lowest BCUT2D eigenvalue weighted by molar-refractivity contribution is -0.137. The first-order valence-corrected chi connectivity index (χ1v) is 9.56. The fourth-order valence-corrected chi connectivity index (χ4v) is 3.85. The summed E-state index contributed by atoms with van der Waals surface area (Å²) in [7, 11) is 0. The second-order valence-electron chi connectivity index (χ2n) is 7.22. The van der Waals surface area contributed by atoms with Crippen LogP contribution in [-0.4, -0.2) is 34.2 Å². The van der Waals surface area contributed by atoms with E-state index < -0.39 is 5.97 Å². The number of aromatic hydroxyl groups is 1. The Bertz CT molecular complexity index is 772. The first-order valence-electron chi connectivity index (χ1n) is 9.56. The van der Waals surface area contributed by atoms with Crippen LogP contribution in [0.1, 0.15) is 36.3 Å².